The lowest BCUT2D eigenvalue weighted by atomic mass is 10.3. The highest BCUT2D eigenvalue weighted by Gasteiger charge is 2.11. The molecule has 0 saturated carbocycles. The van der Waals surface area contributed by atoms with Crippen molar-refractivity contribution in [1.82, 2.24) is 14.3 Å². The van der Waals surface area contributed by atoms with E-state index in [1.54, 1.807) is 12.1 Å². The molecule has 0 aliphatic rings. The van der Waals surface area contributed by atoms with E-state index in [-0.39, 0.29) is 0 Å². The van der Waals surface area contributed by atoms with Crippen molar-refractivity contribution in [2.24, 2.45) is 0 Å². The molecule has 6 nitrogen and oxygen atoms in total. The van der Waals surface area contributed by atoms with Crippen LogP contribution in [0.1, 0.15) is 12.7 Å². The van der Waals surface area contributed by atoms with Gasteiger partial charge in [0.2, 0.25) is 0 Å². The molecule has 98 valence electrons. The van der Waals surface area contributed by atoms with Gasteiger partial charge in [0.15, 0.2) is 9.92 Å². The van der Waals surface area contributed by atoms with Crippen molar-refractivity contribution in [2.45, 2.75) is 22.6 Å². The van der Waals surface area contributed by atoms with E-state index in [0.29, 0.717) is 16.8 Å². The number of nitrogens with zero attached hydrogens (tertiary/aromatic N) is 2. The summed E-state index contributed by atoms with van der Waals surface area (Å²) in [6.07, 6.45) is 0.806. The fourth-order valence-electron chi connectivity index (χ4n) is 1.60. The molecule has 0 aliphatic carbocycles. The summed E-state index contributed by atoms with van der Waals surface area (Å²) >= 11 is 2.77. The number of H-pyrrole nitrogens is 1. The maximum absolute atomic E-state index is 11.1. The fourth-order valence-corrected chi connectivity index (χ4v) is 3.32. The minimum Gasteiger partial charge on any atom is -0.408 e. The first-order chi connectivity index (χ1) is 9.15. The lowest BCUT2D eigenvalue weighted by molar-refractivity contribution is 0.555. The molecule has 1 aromatic carbocycles. The molecule has 0 amide bonds. The van der Waals surface area contributed by atoms with Crippen LogP contribution in [0.3, 0.4) is 0 Å². The minimum atomic E-state index is -0.485. The van der Waals surface area contributed by atoms with Crippen LogP contribution >= 0.6 is 23.3 Å². The van der Waals surface area contributed by atoms with Crippen molar-refractivity contribution in [1.29, 1.82) is 0 Å². The van der Waals surface area contributed by atoms with Gasteiger partial charge in [0.1, 0.15) is 5.82 Å². The molecule has 19 heavy (non-hydrogen) atoms. The van der Waals surface area contributed by atoms with Gasteiger partial charge in [-0.05, 0) is 17.6 Å². The van der Waals surface area contributed by atoms with Gasteiger partial charge in [-0.15, -0.1) is 0 Å². The van der Waals surface area contributed by atoms with Crippen molar-refractivity contribution in [2.75, 3.05) is 5.73 Å². The van der Waals surface area contributed by atoms with Crippen LogP contribution in [0.2, 0.25) is 0 Å². The number of hydrogen-bond donors (Lipinski definition) is 2. The summed E-state index contributed by atoms with van der Waals surface area (Å²) < 4.78 is 10.00. The average molecular weight is 294 g/mol. The Labute approximate surface area is 116 Å². The molecular formula is C11H10N4O2S2. The molecule has 3 N–H and O–H groups in total. The van der Waals surface area contributed by atoms with Crippen LogP contribution in [0, 0.1) is 0 Å². The monoisotopic (exact) mass is 294 g/mol. The van der Waals surface area contributed by atoms with Gasteiger partial charge in [-0.1, -0.05) is 18.7 Å². The lowest BCUT2D eigenvalue weighted by Gasteiger charge is -2.01. The molecule has 0 unspecified atom stereocenters. The van der Waals surface area contributed by atoms with Crippen molar-refractivity contribution in [3.63, 3.8) is 0 Å². The maximum Gasteiger partial charge on any atom is 0.417 e. The van der Waals surface area contributed by atoms with Crippen molar-refractivity contribution < 1.29 is 4.42 Å². The molecule has 0 atom stereocenters. The predicted molar refractivity (Wildman–Crippen MR) is 74.7 cm³/mol. The first kappa shape index (κ1) is 12.2. The summed E-state index contributed by atoms with van der Waals surface area (Å²) in [5, 5.41) is 0. The number of nitrogens with one attached hydrogen (secondary N) is 1. The summed E-state index contributed by atoms with van der Waals surface area (Å²) in [6, 6.07) is 3.42. The second-order valence-corrected chi connectivity index (χ2v) is 5.87. The molecule has 8 heteroatoms. The molecule has 0 fully saturated rings. The summed E-state index contributed by atoms with van der Waals surface area (Å²) in [6.45, 7) is 2.01. The molecular weight excluding hydrogens is 284 g/mol. The highest BCUT2D eigenvalue weighted by atomic mass is 32.2. The molecule has 0 aliphatic heterocycles. The van der Waals surface area contributed by atoms with Gasteiger partial charge in [-0.3, -0.25) is 4.98 Å². The van der Waals surface area contributed by atoms with Crippen LogP contribution in [0.25, 0.3) is 11.1 Å². The second kappa shape index (κ2) is 4.71. The zero-order valence-electron chi connectivity index (χ0n) is 9.97. The number of aromatic amines is 1. The van der Waals surface area contributed by atoms with Gasteiger partial charge in [-0.25, -0.2) is 9.78 Å². The van der Waals surface area contributed by atoms with Crippen LogP contribution in [0.15, 0.2) is 30.6 Å². The number of nitrogens with two attached hydrogens (primary N) is 1. The number of fused-ring (bicyclic) bond motifs is 1. The lowest BCUT2D eigenvalue weighted by Crippen LogP contribution is -1.93. The Morgan fingerprint density at radius 2 is 2.37 bits per heavy atom. The summed E-state index contributed by atoms with van der Waals surface area (Å²) in [5.74, 6) is 0.338. The molecule has 3 aromatic rings. The second-order valence-electron chi connectivity index (χ2n) is 3.83. The number of rotatable bonds is 3. The third kappa shape index (κ3) is 2.36. The zero-order chi connectivity index (χ0) is 13.4. The Kier molecular flexibility index (Phi) is 3.03. The number of aryl methyl sites for hydroxylation is 1. The van der Waals surface area contributed by atoms with Gasteiger partial charge >= 0.3 is 5.76 Å². The van der Waals surface area contributed by atoms with Crippen LogP contribution < -0.4 is 11.5 Å². The van der Waals surface area contributed by atoms with E-state index in [4.69, 9.17) is 10.2 Å². The van der Waals surface area contributed by atoms with E-state index in [1.165, 1.54) is 23.3 Å². The Morgan fingerprint density at radius 1 is 1.53 bits per heavy atom. The normalized spacial score (nSPS) is 11.2. The topological polar surface area (TPSA) is 97.8 Å². The number of oxazole rings is 1. The highest BCUT2D eigenvalue weighted by molar-refractivity contribution is 8.01. The summed E-state index contributed by atoms with van der Waals surface area (Å²) in [4.78, 5) is 18.9. The van der Waals surface area contributed by atoms with Gasteiger partial charge in [-0.2, -0.15) is 4.37 Å². The van der Waals surface area contributed by atoms with Crippen LogP contribution in [-0.4, -0.2) is 14.3 Å². The standard InChI is InChI=1S/C11H10N4O2S2/c1-2-9-14-11(19-15-9)18-8-4-6-7(3-5(8)12)17-10(16)13-6/h3-4H,2,12H2,1H3,(H,13,16). The Bertz CT molecular complexity index is 789. The van der Waals surface area contributed by atoms with Crippen molar-refractivity contribution in [3.8, 4) is 0 Å². The molecule has 2 aromatic heterocycles. The van der Waals surface area contributed by atoms with E-state index in [0.717, 1.165) is 21.5 Å². The SMILES string of the molecule is CCc1nsc(Sc2cc3[nH]c(=O)oc3cc2N)n1. The summed E-state index contributed by atoms with van der Waals surface area (Å²) in [5.41, 5.74) is 7.58. The Morgan fingerprint density at radius 3 is 3.11 bits per heavy atom. The Hall–Kier alpha value is -1.80. The number of nitrogen functional groups attached to an aromatic ring is 1. The van der Waals surface area contributed by atoms with Crippen LogP contribution in [0.4, 0.5) is 5.69 Å². The van der Waals surface area contributed by atoms with Crippen LogP contribution in [0.5, 0.6) is 0 Å². The van der Waals surface area contributed by atoms with Crippen molar-refractivity contribution in [3.05, 3.63) is 28.5 Å². The molecule has 3 rings (SSSR count). The number of aromatic nitrogens is 3. The van der Waals surface area contributed by atoms with E-state index in [9.17, 15) is 4.79 Å². The smallest absolute Gasteiger partial charge is 0.408 e. The fraction of sp³-hybridized carbons (Fsp3) is 0.182. The van der Waals surface area contributed by atoms with Gasteiger partial charge in [0, 0.05) is 23.1 Å². The molecule has 0 bridgehead atoms. The van der Waals surface area contributed by atoms with E-state index < -0.39 is 5.76 Å². The molecule has 0 spiro atoms. The number of benzene rings is 1. The third-order valence-corrected chi connectivity index (χ3v) is 4.38. The number of hydrogen-bond acceptors (Lipinski definition) is 7. The van der Waals surface area contributed by atoms with Gasteiger partial charge < -0.3 is 10.2 Å². The number of anilines is 1. The van der Waals surface area contributed by atoms with Gasteiger partial charge in [0.05, 0.1) is 5.52 Å². The molecule has 2 heterocycles. The average Bonchev–Trinajstić information content (AvgIpc) is 2.95. The van der Waals surface area contributed by atoms with E-state index in [2.05, 4.69) is 14.3 Å². The zero-order valence-corrected chi connectivity index (χ0v) is 11.6. The quantitative estimate of drug-likeness (QED) is 0.719. The summed E-state index contributed by atoms with van der Waals surface area (Å²) in [7, 11) is 0. The van der Waals surface area contributed by atoms with Crippen molar-refractivity contribution >= 4 is 40.1 Å². The largest absolute Gasteiger partial charge is 0.417 e. The Balaban J connectivity index is 1.99. The minimum absolute atomic E-state index is 0.457. The predicted octanol–water partition coefficient (Wildman–Crippen LogP) is 2.27. The highest BCUT2D eigenvalue weighted by Crippen LogP contribution is 2.35. The first-order valence-electron chi connectivity index (χ1n) is 5.58. The van der Waals surface area contributed by atoms with E-state index >= 15 is 0 Å². The van der Waals surface area contributed by atoms with E-state index in [1.807, 2.05) is 6.92 Å². The van der Waals surface area contributed by atoms with Crippen LogP contribution in [-0.2, 0) is 6.42 Å². The molecule has 0 saturated heterocycles. The first-order valence-corrected chi connectivity index (χ1v) is 7.17. The maximum atomic E-state index is 11.1. The molecule has 0 radical (unpaired) electrons. The van der Waals surface area contributed by atoms with Gasteiger partial charge in [0.25, 0.3) is 0 Å². The third-order valence-electron chi connectivity index (χ3n) is 2.51.